The van der Waals surface area contributed by atoms with Crippen molar-refractivity contribution in [2.45, 2.75) is 33.1 Å². The maximum Gasteiger partial charge on any atom is 0.356 e. The van der Waals surface area contributed by atoms with Gasteiger partial charge in [0.1, 0.15) is 5.82 Å². The highest BCUT2D eigenvalue weighted by Crippen LogP contribution is 2.34. The van der Waals surface area contributed by atoms with Gasteiger partial charge in [-0.2, -0.15) is 0 Å². The van der Waals surface area contributed by atoms with Gasteiger partial charge in [0.2, 0.25) is 0 Å². The molecule has 1 N–H and O–H groups in total. The number of carbonyl (C=O) groups is 1. The van der Waals surface area contributed by atoms with E-state index < -0.39 is 5.97 Å². The second-order valence-corrected chi connectivity index (χ2v) is 5.22. The summed E-state index contributed by atoms with van der Waals surface area (Å²) in [6.07, 6.45) is 6.37. The van der Waals surface area contributed by atoms with Crippen LogP contribution in [-0.4, -0.2) is 34.1 Å². The first-order chi connectivity index (χ1) is 8.54. The van der Waals surface area contributed by atoms with Crippen molar-refractivity contribution < 1.29 is 9.90 Å². The SMILES string of the molecule is CCC1(C)CCN(c2cnc(C(=O)O)cn2)CC1. The Morgan fingerprint density at radius 1 is 1.39 bits per heavy atom. The van der Waals surface area contributed by atoms with Crippen molar-refractivity contribution >= 4 is 11.8 Å². The summed E-state index contributed by atoms with van der Waals surface area (Å²) < 4.78 is 0. The number of piperidine rings is 1. The Labute approximate surface area is 107 Å². The fourth-order valence-corrected chi connectivity index (χ4v) is 2.22. The lowest BCUT2D eigenvalue weighted by atomic mass is 9.78. The first-order valence-corrected chi connectivity index (χ1v) is 6.34. The third kappa shape index (κ3) is 2.60. The molecule has 5 heteroatoms. The minimum atomic E-state index is -1.04. The zero-order chi connectivity index (χ0) is 13.2. The van der Waals surface area contributed by atoms with Gasteiger partial charge in [0, 0.05) is 13.1 Å². The van der Waals surface area contributed by atoms with Crippen molar-refractivity contribution in [3.05, 3.63) is 18.1 Å². The summed E-state index contributed by atoms with van der Waals surface area (Å²) in [6.45, 7) is 6.48. The maximum atomic E-state index is 10.7. The van der Waals surface area contributed by atoms with E-state index in [1.165, 1.54) is 12.6 Å². The number of hydrogen-bond acceptors (Lipinski definition) is 4. The number of anilines is 1. The molecule has 0 radical (unpaired) electrons. The lowest BCUT2D eigenvalue weighted by Crippen LogP contribution is -2.38. The van der Waals surface area contributed by atoms with E-state index in [2.05, 4.69) is 28.7 Å². The van der Waals surface area contributed by atoms with Crippen molar-refractivity contribution in [2.24, 2.45) is 5.41 Å². The quantitative estimate of drug-likeness (QED) is 0.889. The van der Waals surface area contributed by atoms with Gasteiger partial charge in [0.05, 0.1) is 12.4 Å². The van der Waals surface area contributed by atoms with Crippen LogP contribution in [0.25, 0.3) is 0 Å². The van der Waals surface area contributed by atoms with Crippen molar-refractivity contribution in [3.63, 3.8) is 0 Å². The zero-order valence-electron chi connectivity index (χ0n) is 10.9. The van der Waals surface area contributed by atoms with Crippen molar-refractivity contribution in [3.8, 4) is 0 Å². The van der Waals surface area contributed by atoms with E-state index in [1.807, 2.05) is 0 Å². The predicted octanol–water partition coefficient (Wildman–Crippen LogP) is 2.19. The number of carboxylic acids is 1. The van der Waals surface area contributed by atoms with E-state index in [4.69, 9.17) is 5.11 Å². The number of aromatic nitrogens is 2. The van der Waals surface area contributed by atoms with E-state index in [-0.39, 0.29) is 5.69 Å². The van der Waals surface area contributed by atoms with E-state index >= 15 is 0 Å². The van der Waals surface area contributed by atoms with Crippen LogP contribution in [-0.2, 0) is 0 Å². The molecule has 1 saturated heterocycles. The lowest BCUT2D eigenvalue weighted by molar-refractivity contribution is 0.0690. The summed E-state index contributed by atoms with van der Waals surface area (Å²) in [5, 5.41) is 8.77. The zero-order valence-corrected chi connectivity index (χ0v) is 10.9. The molecule has 98 valence electrons. The number of rotatable bonds is 3. The summed E-state index contributed by atoms with van der Waals surface area (Å²) in [5.74, 6) is -0.260. The molecule has 0 spiro atoms. The van der Waals surface area contributed by atoms with Crippen LogP contribution in [0.4, 0.5) is 5.82 Å². The summed E-state index contributed by atoms with van der Waals surface area (Å²) in [6, 6.07) is 0. The van der Waals surface area contributed by atoms with Crippen LogP contribution in [0.5, 0.6) is 0 Å². The Morgan fingerprint density at radius 2 is 2.06 bits per heavy atom. The maximum absolute atomic E-state index is 10.7. The van der Waals surface area contributed by atoms with Gasteiger partial charge < -0.3 is 10.0 Å². The van der Waals surface area contributed by atoms with Crippen LogP contribution in [0.15, 0.2) is 12.4 Å². The molecule has 0 amide bonds. The van der Waals surface area contributed by atoms with Gasteiger partial charge in [-0.25, -0.2) is 14.8 Å². The molecule has 1 fully saturated rings. The molecule has 5 nitrogen and oxygen atoms in total. The Kier molecular flexibility index (Phi) is 3.50. The van der Waals surface area contributed by atoms with Gasteiger partial charge in [0.25, 0.3) is 0 Å². The molecule has 0 atom stereocenters. The Hall–Kier alpha value is -1.65. The number of aromatic carboxylic acids is 1. The molecule has 0 unspecified atom stereocenters. The molecule has 18 heavy (non-hydrogen) atoms. The third-order valence-corrected chi connectivity index (χ3v) is 4.01. The minimum absolute atomic E-state index is 0.00541. The molecular formula is C13H19N3O2. The standard InChI is InChI=1S/C13H19N3O2/c1-3-13(2)4-6-16(7-5-13)11-9-14-10(8-15-11)12(17)18/h8-9H,3-7H2,1-2H3,(H,17,18). The summed E-state index contributed by atoms with van der Waals surface area (Å²) >= 11 is 0. The largest absolute Gasteiger partial charge is 0.476 e. The molecule has 1 aliphatic heterocycles. The molecule has 2 heterocycles. The lowest BCUT2D eigenvalue weighted by Gasteiger charge is -2.39. The second kappa shape index (κ2) is 4.92. The topological polar surface area (TPSA) is 66.3 Å². The first-order valence-electron chi connectivity index (χ1n) is 6.34. The van der Waals surface area contributed by atoms with Crippen LogP contribution >= 0.6 is 0 Å². The van der Waals surface area contributed by atoms with Gasteiger partial charge >= 0.3 is 5.97 Å². The summed E-state index contributed by atoms with van der Waals surface area (Å²) in [4.78, 5) is 21.0. The van der Waals surface area contributed by atoms with Gasteiger partial charge in [-0.1, -0.05) is 20.3 Å². The Bertz CT molecular complexity index is 422. The molecular weight excluding hydrogens is 230 g/mol. The smallest absolute Gasteiger partial charge is 0.356 e. The molecule has 1 aromatic heterocycles. The third-order valence-electron chi connectivity index (χ3n) is 4.01. The highest BCUT2D eigenvalue weighted by Gasteiger charge is 2.28. The highest BCUT2D eigenvalue weighted by molar-refractivity contribution is 5.84. The first kappa shape index (κ1) is 12.8. The van der Waals surface area contributed by atoms with Crippen molar-refractivity contribution in [2.75, 3.05) is 18.0 Å². The van der Waals surface area contributed by atoms with Crippen LogP contribution in [0, 0.1) is 5.41 Å². The van der Waals surface area contributed by atoms with Gasteiger partial charge in [0.15, 0.2) is 5.69 Å². The predicted molar refractivity (Wildman–Crippen MR) is 68.8 cm³/mol. The normalized spacial score (nSPS) is 18.7. The van der Waals surface area contributed by atoms with Crippen LogP contribution in [0.1, 0.15) is 43.6 Å². The van der Waals surface area contributed by atoms with E-state index in [0.29, 0.717) is 5.41 Å². The fraction of sp³-hybridized carbons (Fsp3) is 0.615. The monoisotopic (exact) mass is 249 g/mol. The molecule has 0 bridgehead atoms. The molecule has 0 aliphatic carbocycles. The molecule has 0 aromatic carbocycles. The van der Waals surface area contributed by atoms with Crippen LogP contribution in [0.3, 0.4) is 0 Å². The average Bonchev–Trinajstić information content (AvgIpc) is 2.40. The van der Waals surface area contributed by atoms with E-state index in [9.17, 15) is 4.79 Å². The van der Waals surface area contributed by atoms with Gasteiger partial charge in [-0.05, 0) is 18.3 Å². The van der Waals surface area contributed by atoms with E-state index in [1.54, 1.807) is 6.20 Å². The molecule has 0 saturated carbocycles. The van der Waals surface area contributed by atoms with E-state index in [0.717, 1.165) is 31.7 Å². The summed E-state index contributed by atoms with van der Waals surface area (Å²) in [5.41, 5.74) is 0.430. The molecule has 1 aromatic rings. The molecule has 2 rings (SSSR count). The van der Waals surface area contributed by atoms with Crippen LogP contribution in [0.2, 0.25) is 0 Å². The highest BCUT2D eigenvalue weighted by atomic mass is 16.4. The van der Waals surface area contributed by atoms with Crippen molar-refractivity contribution in [1.29, 1.82) is 0 Å². The molecule has 1 aliphatic rings. The number of hydrogen-bond donors (Lipinski definition) is 1. The minimum Gasteiger partial charge on any atom is -0.476 e. The second-order valence-electron chi connectivity index (χ2n) is 5.22. The van der Waals surface area contributed by atoms with Gasteiger partial charge in [-0.15, -0.1) is 0 Å². The number of nitrogens with zero attached hydrogens (tertiary/aromatic N) is 3. The Balaban J connectivity index is 2.03. The average molecular weight is 249 g/mol. The van der Waals surface area contributed by atoms with Gasteiger partial charge in [-0.3, -0.25) is 0 Å². The fourth-order valence-electron chi connectivity index (χ4n) is 2.22. The number of carboxylic acid groups (broad SMARTS) is 1. The summed E-state index contributed by atoms with van der Waals surface area (Å²) in [7, 11) is 0. The van der Waals surface area contributed by atoms with Crippen LogP contribution < -0.4 is 4.90 Å². The Morgan fingerprint density at radius 3 is 2.50 bits per heavy atom. The van der Waals surface area contributed by atoms with Crippen molar-refractivity contribution in [1.82, 2.24) is 9.97 Å².